The molecule has 0 aliphatic carbocycles. The van der Waals surface area contributed by atoms with Crippen molar-refractivity contribution in [3.63, 3.8) is 0 Å². The molecule has 2 heterocycles. The van der Waals surface area contributed by atoms with Crippen molar-refractivity contribution in [2.45, 2.75) is 13.3 Å². The number of pyridine rings is 1. The van der Waals surface area contributed by atoms with Gasteiger partial charge in [0.15, 0.2) is 6.79 Å². The molecule has 0 unspecified atom stereocenters. The van der Waals surface area contributed by atoms with Gasteiger partial charge < -0.3 is 9.47 Å². The minimum absolute atomic E-state index is 0.206. The molecule has 23 heavy (non-hydrogen) atoms. The third-order valence-electron chi connectivity index (χ3n) is 3.61. The van der Waals surface area contributed by atoms with Crippen LogP contribution in [-0.2, 0) is 18.2 Å². The van der Waals surface area contributed by atoms with Crippen molar-refractivity contribution >= 4 is 27.0 Å². The number of nitrogens with zero attached hydrogens (tertiary/aromatic N) is 3. The molecule has 0 aliphatic heterocycles. The van der Waals surface area contributed by atoms with E-state index in [9.17, 15) is 0 Å². The van der Waals surface area contributed by atoms with Gasteiger partial charge in [-0.25, -0.2) is 4.98 Å². The average Bonchev–Trinajstić information content (AvgIpc) is 2.93. The van der Waals surface area contributed by atoms with E-state index in [1.165, 1.54) is 5.56 Å². The lowest BCUT2D eigenvalue weighted by Crippen LogP contribution is -1.99. The normalized spacial score (nSPS) is 11.1. The van der Waals surface area contributed by atoms with Crippen molar-refractivity contribution in [2.75, 3.05) is 13.9 Å². The fraction of sp³-hybridized carbons (Fsp3) is 0.294. The molecule has 3 rings (SSSR count). The molecule has 0 aliphatic rings. The number of halogens is 1. The molecule has 120 valence electrons. The van der Waals surface area contributed by atoms with E-state index in [2.05, 4.69) is 34.0 Å². The molecule has 0 N–H and O–H groups in total. The van der Waals surface area contributed by atoms with Crippen molar-refractivity contribution in [3.8, 4) is 17.0 Å². The topological polar surface area (TPSA) is 49.2 Å². The van der Waals surface area contributed by atoms with Crippen LogP contribution in [0.1, 0.15) is 12.5 Å². The van der Waals surface area contributed by atoms with Gasteiger partial charge in [-0.05, 0) is 46.1 Å². The van der Waals surface area contributed by atoms with Crippen LogP contribution in [0.25, 0.3) is 22.3 Å². The van der Waals surface area contributed by atoms with Gasteiger partial charge in [0.1, 0.15) is 16.8 Å². The maximum absolute atomic E-state index is 5.58. The molecule has 1 aromatic carbocycles. The zero-order chi connectivity index (χ0) is 16.4. The molecule has 6 heteroatoms. The second-order valence-corrected chi connectivity index (χ2v) is 6.11. The van der Waals surface area contributed by atoms with Crippen LogP contribution in [0.4, 0.5) is 0 Å². The van der Waals surface area contributed by atoms with E-state index in [-0.39, 0.29) is 6.79 Å². The number of aryl methyl sites for hydroxylation is 2. The summed E-state index contributed by atoms with van der Waals surface area (Å²) in [5.74, 6) is 0.732. The van der Waals surface area contributed by atoms with Crippen molar-refractivity contribution in [1.82, 2.24) is 14.8 Å². The largest absolute Gasteiger partial charge is 0.466 e. The van der Waals surface area contributed by atoms with Crippen molar-refractivity contribution in [1.29, 1.82) is 0 Å². The van der Waals surface area contributed by atoms with Gasteiger partial charge >= 0.3 is 0 Å². The molecule has 0 fully saturated rings. The highest BCUT2D eigenvalue weighted by Crippen LogP contribution is 2.32. The molecule has 0 radical (unpaired) electrons. The van der Waals surface area contributed by atoms with E-state index < -0.39 is 0 Å². The second-order valence-electron chi connectivity index (χ2n) is 5.25. The summed E-state index contributed by atoms with van der Waals surface area (Å²) in [5.41, 5.74) is 4.97. The van der Waals surface area contributed by atoms with Gasteiger partial charge in [-0.15, -0.1) is 0 Å². The number of rotatable bonds is 5. The molecular weight excluding hydrogens is 358 g/mol. The lowest BCUT2D eigenvalue weighted by molar-refractivity contribution is 0.0506. The third kappa shape index (κ3) is 3.23. The first-order valence-electron chi connectivity index (χ1n) is 7.37. The first-order chi connectivity index (χ1) is 11.1. The van der Waals surface area contributed by atoms with E-state index >= 15 is 0 Å². The van der Waals surface area contributed by atoms with Gasteiger partial charge in [-0.3, -0.25) is 4.68 Å². The summed E-state index contributed by atoms with van der Waals surface area (Å²) in [7, 11) is 3.51. The van der Waals surface area contributed by atoms with E-state index in [1.807, 2.05) is 31.4 Å². The van der Waals surface area contributed by atoms with Crippen LogP contribution in [0.2, 0.25) is 0 Å². The Morgan fingerprint density at radius 2 is 2.09 bits per heavy atom. The smallest absolute Gasteiger partial charge is 0.188 e. The summed E-state index contributed by atoms with van der Waals surface area (Å²) in [6, 6.07) is 8.04. The van der Waals surface area contributed by atoms with Crippen LogP contribution in [0.3, 0.4) is 0 Å². The highest BCUT2D eigenvalue weighted by molar-refractivity contribution is 9.10. The molecule has 0 amide bonds. The number of hydrogen-bond donors (Lipinski definition) is 0. The Bertz CT molecular complexity index is 845. The van der Waals surface area contributed by atoms with Crippen LogP contribution in [0.15, 0.2) is 34.9 Å². The summed E-state index contributed by atoms with van der Waals surface area (Å²) in [4.78, 5) is 4.74. The molecular formula is C17H18BrN3O2. The lowest BCUT2D eigenvalue weighted by atomic mass is 10.1. The maximum atomic E-state index is 5.58. The lowest BCUT2D eigenvalue weighted by Gasteiger charge is -2.10. The molecule has 5 nitrogen and oxygen atoms in total. The number of hydrogen-bond acceptors (Lipinski definition) is 4. The summed E-state index contributed by atoms with van der Waals surface area (Å²) in [6.07, 6.45) is 2.85. The molecule has 3 aromatic rings. The number of fused-ring (bicyclic) bond motifs is 1. The van der Waals surface area contributed by atoms with Gasteiger partial charge in [0, 0.05) is 19.7 Å². The Labute approximate surface area is 143 Å². The zero-order valence-corrected chi connectivity index (χ0v) is 14.9. The standard InChI is InChI=1S/C17H18BrN3O2/c1-4-11-7-14(19-15-9-21(2)20-17(11)15)12-5-6-13(18)16(8-12)23-10-22-3/h5-9H,4,10H2,1-3H3. The fourth-order valence-electron chi connectivity index (χ4n) is 2.50. The molecule has 0 spiro atoms. The monoisotopic (exact) mass is 375 g/mol. The molecule has 0 bridgehead atoms. The number of methoxy groups -OCH3 is 1. The van der Waals surface area contributed by atoms with Gasteiger partial charge in [0.05, 0.1) is 16.4 Å². The first kappa shape index (κ1) is 16.0. The summed E-state index contributed by atoms with van der Waals surface area (Å²) in [6.45, 7) is 2.33. The summed E-state index contributed by atoms with van der Waals surface area (Å²) >= 11 is 3.49. The molecule has 0 atom stereocenters. The first-order valence-corrected chi connectivity index (χ1v) is 8.16. The van der Waals surface area contributed by atoms with Crippen LogP contribution in [0.5, 0.6) is 5.75 Å². The Morgan fingerprint density at radius 3 is 2.83 bits per heavy atom. The fourth-order valence-corrected chi connectivity index (χ4v) is 2.86. The maximum Gasteiger partial charge on any atom is 0.188 e. The predicted octanol–water partition coefficient (Wildman–Crippen LogP) is 3.94. The average molecular weight is 376 g/mol. The Hall–Kier alpha value is -1.92. The minimum atomic E-state index is 0.206. The van der Waals surface area contributed by atoms with Gasteiger partial charge in [0.2, 0.25) is 0 Å². The Balaban J connectivity index is 2.09. The number of aromatic nitrogens is 3. The van der Waals surface area contributed by atoms with Crippen molar-refractivity contribution in [3.05, 3.63) is 40.5 Å². The Morgan fingerprint density at radius 1 is 1.26 bits per heavy atom. The third-order valence-corrected chi connectivity index (χ3v) is 4.26. The summed E-state index contributed by atoms with van der Waals surface area (Å²) in [5, 5.41) is 4.50. The highest BCUT2D eigenvalue weighted by Gasteiger charge is 2.11. The zero-order valence-electron chi connectivity index (χ0n) is 13.3. The van der Waals surface area contributed by atoms with Crippen LogP contribution in [-0.4, -0.2) is 28.7 Å². The van der Waals surface area contributed by atoms with Crippen LogP contribution >= 0.6 is 15.9 Å². The second kappa shape index (κ2) is 6.68. The van der Waals surface area contributed by atoms with Crippen LogP contribution in [0, 0.1) is 0 Å². The van der Waals surface area contributed by atoms with Gasteiger partial charge in [0.25, 0.3) is 0 Å². The van der Waals surface area contributed by atoms with E-state index in [1.54, 1.807) is 11.8 Å². The highest BCUT2D eigenvalue weighted by atomic mass is 79.9. The van der Waals surface area contributed by atoms with Gasteiger partial charge in [-0.1, -0.05) is 13.0 Å². The van der Waals surface area contributed by atoms with E-state index in [4.69, 9.17) is 14.5 Å². The predicted molar refractivity (Wildman–Crippen MR) is 93.5 cm³/mol. The van der Waals surface area contributed by atoms with Crippen molar-refractivity contribution < 1.29 is 9.47 Å². The van der Waals surface area contributed by atoms with Gasteiger partial charge in [-0.2, -0.15) is 5.10 Å². The molecule has 0 saturated carbocycles. The van der Waals surface area contributed by atoms with E-state index in [0.29, 0.717) is 0 Å². The SMILES string of the molecule is CCc1cc(-c2ccc(Br)c(OCOC)c2)nc2cn(C)nc12. The number of ether oxygens (including phenoxy) is 2. The quantitative estimate of drug-likeness (QED) is 0.633. The summed E-state index contributed by atoms with van der Waals surface area (Å²) < 4.78 is 13.2. The van der Waals surface area contributed by atoms with Crippen molar-refractivity contribution in [2.24, 2.45) is 7.05 Å². The molecule has 2 aromatic heterocycles. The number of benzene rings is 1. The minimum Gasteiger partial charge on any atom is -0.466 e. The van der Waals surface area contributed by atoms with E-state index in [0.717, 1.165) is 38.9 Å². The van der Waals surface area contributed by atoms with Crippen LogP contribution < -0.4 is 4.74 Å². The molecule has 0 saturated heterocycles. The Kier molecular flexibility index (Phi) is 4.63.